The summed E-state index contributed by atoms with van der Waals surface area (Å²) < 4.78 is 11.1. The van der Waals surface area contributed by atoms with Crippen LogP contribution < -0.4 is 5.32 Å². The highest BCUT2D eigenvalue weighted by Gasteiger charge is 2.44. The minimum absolute atomic E-state index is 0.259. The van der Waals surface area contributed by atoms with E-state index in [1.54, 1.807) is 0 Å². The summed E-state index contributed by atoms with van der Waals surface area (Å²) >= 11 is 0. The van der Waals surface area contributed by atoms with Crippen LogP contribution in [0.3, 0.4) is 0 Å². The van der Waals surface area contributed by atoms with E-state index in [4.69, 9.17) is 9.47 Å². The van der Waals surface area contributed by atoms with E-state index in [1.807, 2.05) is 0 Å². The lowest BCUT2D eigenvalue weighted by molar-refractivity contribution is -0.303. The molecule has 11 heteroatoms. The zero-order valence-electron chi connectivity index (χ0n) is 37.7. The molecule has 0 bridgehead atoms. The molecule has 1 heterocycles. The fourth-order valence-electron chi connectivity index (χ4n) is 7.97. The summed E-state index contributed by atoms with van der Waals surface area (Å²) in [5, 5.41) is 75.7. The van der Waals surface area contributed by atoms with Gasteiger partial charge in [-0.25, -0.2) is 0 Å². The van der Waals surface area contributed by atoms with Gasteiger partial charge in [0.2, 0.25) is 5.91 Å². The van der Waals surface area contributed by atoms with Crippen LogP contribution in [0.4, 0.5) is 0 Å². The maximum absolute atomic E-state index is 13.1. The van der Waals surface area contributed by atoms with Gasteiger partial charge in [0.05, 0.1) is 25.4 Å². The summed E-state index contributed by atoms with van der Waals surface area (Å²) in [6.45, 7) is 3.43. The molecule has 0 unspecified atom stereocenters. The molecule has 0 aromatic rings. The van der Waals surface area contributed by atoms with Crippen molar-refractivity contribution < 1.29 is 50.0 Å². The Kier molecular flexibility index (Phi) is 36.5. The Balaban J connectivity index is 2.41. The van der Waals surface area contributed by atoms with E-state index in [0.29, 0.717) is 12.8 Å². The van der Waals surface area contributed by atoms with Crippen LogP contribution in [0.1, 0.15) is 219 Å². The molecule has 11 nitrogen and oxygen atoms in total. The molecule has 1 saturated heterocycles. The number of hydrogen-bond donors (Lipinski definition) is 8. The van der Waals surface area contributed by atoms with Crippen LogP contribution in [-0.4, -0.2) is 110 Å². The Hall–Kier alpha value is -1.15. The van der Waals surface area contributed by atoms with Crippen molar-refractivity contribution in [1.82, 2.24) is 5.32 Å². The monoisotopic (exact) mass is 844 g/mol. The maximum atomic E-state index is 13.1. The smallest absolute Gasteiger partial charge is 0.249 e. The van der Waals surface area contributed by atoms with Crippen molar-refractivity contribution in [3.05, 3.63) is 12.2 Å². The quantitative estimate of drug-likeness (QED) is 0.0219. The predicted molar refractivity (Wildman–Crippen MR) is 238 cm³/mol. The van der Waals surface area contributed by atoms with Crippen LogP contribution in [-0.2, 0) is 14.3 Å². The van der Waals surface area contributed by atoms with E-state index in [2.05, 4.69) is 31.3 Å². The Morgan fingerprint density at radius 2 is 1.00 bits per heavy atom. The van der Waals surface area contributed by atoms with Gasteiger partial charge in [0.1, 0.15) is 36.6 Å². The molecule has 59 heavy (non-hydrogen) atoms. The normalized spacial score (nSPS) is 21.8. The fraction of sp³-hybridized carbons (Fsp3) is 0.938. The van der Waals surface area contributed by atoms with E-state index < -0.39 is 74.2 Å². The largest absolute Gasteiger partial charge is 0.394 e. The summed E-state index contributed by atoms with van der Waals surface area (Å²) in [5.41, 5.74) is 0. The number of rotatable bonds is 41. The molecule has 8 N–H and O–H groups in total. The average molecular weight is 844 g/mol. The molecule has 0 aromatic carbocycles. The van der Waals surface area contributed by atoms with Gasteiger partial charge in [-0.15, -0.1) is 0 Å². The lowest BCUT2D eigenvalue weighted by Gasteiger charge is -2.40. The van der Waals surface area contributed by atoms with Gasteiger partial charge in [-0.2, -0.15) is 0 Å². The summed E-state index contributed by atoms with van der Waals surface area (Å²) in [4.78, 5) is 13.1. The number of amides is 1. The lowest BCUT2D eigenvalue weighted by atomic mass is 9.98. The molecule has 1 aliphatic rings. The standard InChI is InChI=1S/C48H93NO10/c1-3-5-7-9-11-13-15-17-18-19-20-21-22-24-26-28-30-32-34-36-41(52)47(57)49-39(38-58-48-46(56)45(55)44(54)42(37-50)59-48)43(53)40(51)35-33-31-29-27-25-23-16-14-12-10-8-6-4-2/h27,29,39-46,48,50-56H,3-26,28,30-38H2,1-2H3,(H,49,57)/b29-27-/t39-,40+,41+,42+,43-,44+,45-,46+,48+/m0/s1. The van der Waals surface area contributed by atoms with Crippen LogP contribution in [0.15, 0.2) is 12.2 Å². The number of allylic oxidation sites excluding steroid dienone is 2. The summed E-state index contributed by atoms with van der Waals surface area (Å²) in [5.74, 6) is -0.704. The second kappa shape index (κ2) is 38.5. The molecule has 9 atom stereocenters. The van der Waals surface area contributed by atoms with Crippen LogP contribution in [0.25, 0.3) is 0 Å². The number of aliphatic hydroxyl groups is 7. The third-order valence-corrected chi connectivity index (χ3v) is 12.1. The summed E-state index contributed by atoms with van der Waals surface area (Å²) in [6.07, 6.45) is 29.8. The number of carbonyl (C=O) groups is 1. The zero-order chi connectivity index (χ0) is 43.4. The summed E-state index contributed by atoms with van der Waals surface area (Å²) in [7, 11) is 0. The first-order valence-electron chi connectivity index (χ1n) is 24.6. The van der Waals surface area contributed by atoms with Crippen molar-refractivity contribution in [3.63, 3.8) is 0 Å². The van der Waals surface area contributed by atoms with Crippen LogP contribution >= 0.6 is 0 Å². The number of hydrogen-bond acceptors (Lipinski definition) is 10. The molecular weight excluding hydrogens is 751 g/mol. The van der Waals surface area contributed by atoms with Crippen LogP contribution in [0, 0.1) is 0 Å². The van der Waals surface area contributed by atoms with Gasteiger partial charge in [0.15, 0.2) is 6.29 Å². The van der Waals surface area contributed by atoms with Gasteiger partial charge in [0, 0.05) is 0 Å². The Morgan fingerprint density at radius 1 is 0.576 bits per heavy atom. The molecular formula is C48H93NO10. The van der Waals surface area contributed by atoms with Crippen molar-refractivity contribution in [2.75, 3.05) is 13.2 Å². The van der Waals surface area contributed by atoms with Crippen molar-refractivity contribution in [3.8, 4) is 0 Å². The van der Waals surface area contributed by atoms with E-state index in [9.17, 15) is 40.5 Å². The highest BCUT2D eigenvalue weighted by atomic mass is 16.7. The van der Waals surface area contributed by atoms with E-state index in [-0.39, 0.29) is 12.8 Å². The first kappa shape index (κ1) is 55.9. The van der Waals surface area contributed by atoms with E-state index >= 15 is 0 Å². The number of nitrogens with one attached hydrogen (secondary N) is 1. The molecule has 350 valence electrons. The van der Waals surface area contributed by atoms with Crippen LogP contribution in [0.5, 0.6) is 0 Å². The van der Waals surface area contributed by atoms with Crippen molar-refractivity contribution in [2.24, 2.45) is 0 Å². The van der Waals surface area contributed by atoms with Crippen molar-refractivity contribution in [1.29, 1.82) is 0 Å². The van der Waals surface area contributed by atoms with Gasteiger partial charge in [-0.3, -0.25) is 4.79 Å². The molecule has 1 rings (SSSR count). The molecule has 0 spiro atoms. The van der Waals surface area contributed by atoms with E-state index in [1.165, 1.54) is 141 Å². The minimum Gasteiger partial charge on any atom is -0.394 e. The number of carbonyl (C=O) groups excluding carboxylic acids is 1. The topological polar surface area (TPSA) is 189 Å². The molecule has 0 aliphatic carbocycles. The maximum Gasteiger partial charge on any atom is 0.249 e. The fourth-order valence-corrected chi connectivity index (χ4v) is 7.97. The van der Waals surface area contributed by atoms with Gasteiger partial charge >= 0.3 is 0 Å². The minimum atomic E-state index is -1.66. The number of ether oxygens (including phenoxy) is 2. The Bertz CT molecular complexity index is 970. The van der Waals surface area contributed by atoms with Gasteiger partial charge in [-0.1, -0.05) is 193 Å². The van der Waals surface area contributed by atoms with Crippen LogP contribution in [0.2, 0.25) is 0 Å². The molecule has 1 aliphatic heterocycles. The summed E-state index contributed by atoms with van der Waals surface area (Å²) in [6, 6.07) is -1.18. The molecule has 1 fully saturated rings. The highest BCUT2D eigenvalue weighted by Crippen LogP contribution is 2.23. The Morgan fingerprint density at radius 3 is 1.46 bits per heavy atom. The second-order valence-corrected chi connectivity index (χ2v) is 17.5. The van der Waals surface area contributed by atoms with Gasteiger partial charge in [-0.05, 0) is 38.5 Å². The molecule has 0 aromatic heterocycles. The van der Waals surface area contributed by atoms with Crippen molar-refractivity contribution in [2.45, 2.75) is 274 Å². The van der Waals surface area contributed by atoms with E-state index in [0.717, 1.165) is 38.5 Å². The number of unbranched alkanes of at least 4 members (excludes halogenated alkanes) is 27. The first-order chi connectivity index (χ1) is 28.7. The predicted octanol–water partition coefficient (Wildman–Crippen LogP) is 8.45. The molecule has 0 radical (unpaired) electrons. The SMILES string of the molecule is CCCCCCCCCC/C=C\CCC[C@@H](O)[C@@H](O)[C@H](CO[C@@H]1O[C@H](CO)[C@@H](O)[C@H](O)[C@H]1O)NC(=O)[C@H](O)CCCCCCCCCCCCCCCCCCCCC. The first-order valence-corrected chi connectivity index (χ1v) is 24.6. The van der Waals surface area contributed by atoms with Gasteiger partial charge in [0.25, 0.3) is 0 Å². The number of aliphatic hydroxyl groups excluding tert-OH is 7. The third-order valence-electron chi connectivity index (χ3n) is 12.1. The Labute approximate surface area is 360 Å². The molecule has 1 amide bonds. The van der Waals surface area contributed by atoms with Gasteiger partial charge < -0.3 is 50.5 Å². The third kappa shape index (κ3) is 28.2. The lowest BCUT2D eigenvalue weighted by Crippen LogP contribution is -2.60. The second-order valence-electron chi connectivity index (χ2n) is 17.5. The molecule has 0 saturated carbocycles. The van der Waals surface area contributed by atoms with Crippen molar-refractivity contribution >= 4 is 5.91 Å². The average Bonchev–Trinajstić information content (AvgIpc) is 3.23. The highest BCUT2D eigenvalue weighted by molar-refractivity contribution is 5.80. The zero-order valence-corrected chi connectivity index (χ0v) is 37.7.